The van der Waals surface area contributed by atoms with E-state index in [1.807, 2.05) is 24.3 Å². The molecule has 4 nitrogen and oxygen atoms in total. The normalized spacial score (nSPS) is 11.8. The standard InChI is InChI=1S/C13H16N2O2/c1-13(2,17)10-4-6-11(7-5-10)15-9-8-14(3)12(15)16/h4-9,17H,1-3H3. The van der Waals surface area contributed by atoms with Gasteiger partial charge in [-0.3, -0.25) is 4.57 Å². The lowest BCUT2D eigenvalue weighted by Gasteiger charge is -2.17. The van der Waals surface area contributed by atoms with Crippen LogP contribution in [0.15, 0.2) is 41.5 Å². The summed E-state index contributed by atoms with van der Waals surface area (Å²) in [6.07, 6.45) is 3.44. The Labute approximate surface area is 99.8 Å². The summed E-state index contributed by atoms with van der Waals surface area (Å²) in [6, 6.07) is 7.31. The molecular formula is C13H16N2O2. The fraction of sp³-hybridized carbons (Fsp3) is 0.308. The number of hydrogen-bond donors (Lipinski definition) is 1. The van der Waals surface area contributed by atoms with Gasteiger partial charge in [0.05, 0.1) is 11.3 Å². The Morgan fingerprint density at radius 1 is 1.12 bits per heavy atom. The lowest BCUT2D eigenvalue weighted by atomic mass is 9.98. The van der Waals surface area contributed by atoms with E-state index in [9.17, 15) is 9.90 Å². The molecule has 1 N–H and O–H groups in total. The Kier molecular flexibility index (Phi) is 2.67. The van der Waals surface area contributed by atoms with Crippen molar-refractivity contribution in [2.45, 2.75) is 19.4 Å². The zero-order valence-corrected chi connectivity index (χ0v) is 10.2. The third-order valence-electron chi connectivity index (χ3n) is 2.80. The van der Waals surface area contributed by atoms with Crippen molar-refractivity contribution in [2.24, 2.45) is 7.05 Å². The summed E-state index contributed by atoms with van der Waals surface area (Å²) >= 11 is 0. The fourth-order valence-corrected chi connectivity index (χ4v) is 1.69. The summed E-state index contributed by atoms with van der Waals surface area (Å²) in [7, 11) is 1.71. The number of imidazole rings is 1. The van der Waals surface area contributed by atoms with Gasteiger partial charge in [0.15, 0.2) is 0 Å². The lowest BCUT2D eigenvalue weighted by molar-refractivity contribution is 0.0786. The zero-order valence-electron chi connectivity index (χ0n) is 10.2. The second-order valence-electron chi connectivity index (χ2n) is 4.67. The molecule has 17 heavy (non-hydrogen) atoms. The van der Waals surface area contributed by atoms with E-state index in [1.54, 1.807) is 37.9 Å². The summed E-state index contributed by atoms with van der Waals surface area (Å²) in [5, 5.41) is 9.84. The third-order valence-corrected chi connectivity index (χ3v) is 2.80. The average molecular weight is 232 g/mol. The molecule has 0 bridgehead atoms. The largest absolute Gasteiger partial charge is 0.386 e. The van der Waals surface area contributed by atoms with Gasteiger partial charge in [0.25, 0.3) is 0 Å². The lowest BCUT2D eigenvalue weighted by Crippen LogP contribution is -2.20. The van der Waals surface area contributed by atoms with Gasteiger partial charge in [0.1, 0.15) is 0 Å². The van der Waals surface area contributed by atoms with Gasteiger partial charge in [-0.05, 0) is 31.5 Å². The van der Waals surface area contributed by atoms with Crippen molar-refractivity contribution >= 4 is 0 Å². The van der Waals surface area contributed by atoms with Crippen LogP contribution in [0.4, 0.5) is 0 Å². The van der Waals surface area contributed by atoms with Gasteiger partial charge in [-0.2, -0.15) is 0 Å². The van der Waals surface area contributed by atoms with Crippen LogP contribution in [0.3, 0.4) is 0 Å². The Hall–Kier alpha value is -1.81. The SMILES string of the molecule is Cn1ccn(-c2ccc(C(C)(C)O)cc2)c1=O. The molecule has 4 heteroatoms. The van der Waals surface area contributed by atoms with Crippen LogP contribution in [0, 0.1) is 0 Å². The molecule has 0 fully saturated rings. The first-order valence-corrected chi connectivity index (χ1v) is 5.47. The molecule has 1 aromatic heterocycles. The van der Waals surface area contributed by atoms with E-state index in [4.69, 9.17) is 0 Å². The molecule has 2 rings (SSSR count). The second-order valence-corrected chi connectivity index (χ2v) is 4.67. The highest BCUT2D eigenvalue weighted by molar-refractivity contribution is 5.36. The van der Waals surface area contributed by atoms with Crippen LogP contribution in [0.25, 0.3) is 5.69 Å². The van der Waals surface area contributed by atoms with Gasteiger partial charge < -0.3 is 9.67 Å². The van der Waals surface area contributed by atoms with Crippen molar-refractivity contribution in [3.8, 4) is 5.69 Å². The number of hydrogen-bond acceptors (Lipinski definition) is 2. The summed E-state index contributed by atoms with van der Waals surface area (Å²) in [6.45, 7) is 3.47. The maximum atomic E-state index is 11.7. The minimum Gasteiger partial charge on any atom is -0.386 e. The Morgan fingerprint density at radius 3 is 2.12 bits per heavy atom. The van der Waals surface area contributed by atoms with Crippen LogP contribution in [0.1, 0.15) is 19.4 Å². The number of rotatable bonds is 2. The highest BCUT2D eigenvalue weighted by Gasteiger charge is 2.15. The van der Waals surface area contributed by atoms with E-state index >= 15 is 0 Å². The molecule has 0 aliphatic rings. The summed E-state index contributed by atoms with van der Waals surface area (Å²) in [5.41, 5.74) is 0.676. The number of aromatic nitrogens is 2. The van der Waals surface area contributed by atoms with Crippen molar-refractivity contribution < 1.29 is 5.11 Å². The molecular weight excluding hydrogens is 216 g/mol. The number of aliphatic hydroxyl groups is 1. The van der Waals surface area contributed by atoms with Crippen molar-refractivity contribution in [1.82, 2.24) is 9.13 Å². The van der Waals surface area contributed by atoms with Crippen LogP contribution in [0.5, 0.6) is 0 Å². The van der Waals surface area contributed by atoms with Gasteiger partial charge in [0.2, 0.25) is 0 Å². The fourth-order valence-electron chi connectivity index (χ4n) is 1.69. The van der Waals surface area contributed by atoms with E-state index in [0.29, 0.717) is 0 Å². The molecule has 0 saturated carbocycles. The topological polar surface area (TPSA) is 47.2 Å². The van der Waals surface area contributed by atoms with E-state index < -0.39 is 5.60 Å². The van der Waals surface area contributed by atoms with Gasteiger partial charge in [-0.1, -0.05) is 12.1 Å². The zero-order chi connectivity index (χ0) is 12.6. The molecule has 0 saturated heterocycles. The molecule has 90 valence electrons. The van der Waals surface area contributed by atoms with Crippen LogP contribution >= 0.6 is 0 Å². The highest BCUT2D eigenvalue weighted by Crippen LogP contribution is 2.20. The summed E-state index contributed by atoms with van der Waals surface area (Å²) in [4.78, 5) is 11.7. The minimum absolute atomic E-state index is 0.0824. The van der Waals surface area contributed by atoms with Gasteiger partial charge in [-0.25, -0.2) is 4.79 Å². The smallest absolute Gasteiger partial charge is 0.332 e. The third kappa shape index (κ3) is 2.17. The summed E-state index contributed by atoms with van der Waals surface area (Å²) in [5.74, 6) is 0. The van der Waals surface area contributed by atoms with Crippen molar-refractivity contribution in [3.63, 3.8) is 0 Å². The van der Waals surface area contributed by atoms with Crippen LogP contribution < -0.4 is 5.69 Å². The maximum absolute atomic E-state index is 11.7. The molecule has 0 unspecified atom stereocenters. The molecule has 0 atom stereocenters. The van der Waals surface area contributed by atoms with E-state index in [2.05, 4.69) is 0 Å². The van der Waals surface area contributed by atoms with Crippen LogP contribution in [0.2, 0.25) is 0 Å². The monoisotopic (exact) mass is 232 g/mol. The van der Waals surface area contributed by atoms with Crippen molar-refractivity contribution in [2.75, 3.05) is 0 Å². The molecule has 1 aromatic carbocycles. The Balaban J connectivity index is 2.43. The quantitative estimate of drug-likeness (QED) is 0.850. The second kappa shape index (κ2) is 3.89. The van der Waals surface area contributed by atoms with Crippen molar-refractivity contribution in [1.29, 1.82) is 0 Å². The minimum atomic E-state index is -0.861. The first kappa shape index (κ1) is 11.7. The van der Waals surface area contributed by atoms with Crippen molar-refractivity contribution in [3.05, 3.63) is 52.7 Å². The highest BCUT2D eigenvalue weighted by atomic mass is 16.3. The first-order chi connectivity index (χ1) is 7.89. The van der Waals surface area contributed by atoms with Gasteiger partial charge in [0, 0.05) is 19.4 Å². The van der Waals surface area contributed by atoms with Crippen LogP contribution in [-0.2, 0) is 12.6 Å². The van der Waals surface area contributed by atoms with E-state index in [-0.39, 0.29) is 5.69 Å². The predicted octanol–water partition coefficient (Wildman–Crippen LogP) is 1.40. The number of nitrogens with zero attached hydrogens (tertiary/aromatic N) is 2. The molecule has 0 radical (unpaired) electrons. The average Bonchev–Trinajstić information content (AvgIpc) is 2.59. The summed E-state index contributed by atoms with van der Waals surface area (Å²) < 4.78 is 3.08. The molecule has 0 aliphatic carbocycles. The van der Waals surface area contributed by atoms with E-state index in [0.717, 1.165) is 11.3 Å². The van der Waals surface area contributed by atoms with E-state index in [1.165, 1.54) is 4.57 Å². The molecule has 0 aliphatic heterocycles. The number of aryl methyl sites for hydroxylation is 1. The number of benzene rings is 1. The molecule has 2 aromatic rings. The van der Waals surface area contributed by atoms with Gasteiger partial charge >= 0.3 is 5.69 Å². The van der Waals surface area contributed by atoms with Crippen LogP contribution in [-0.4, -0.2) is 14.2 Å². The Morgan fingerprint density at radius 2 is 1.71 bits per heavy atom. The first-order valence-electron chi connectivity index (χ1n) is 5.47. The molecule has 0 amide bonds. The van der Waals surface area contributed by atoms with Gasteiger partial charge in [-0.15, -0.1) is 0 Å². The predicted molar refractivity (Wildman–Crippen MR) is 66.3 cm³/mol. The molecule has 1 heterocycles. The maximum Gasteiger partial charge on any atom is 0.332 e. The Bertz CT molecular complexity index is 571. The molecule has 0 spiro atoms.